The van der Waals surface area contributed by atoms with Crippen molar-refractivity contribution in [1.82, 2.24) is 39.7 Å². The second kappa shape index (κ2) is 9.94. The van der Waals surface area contributed by atoms with Gasteiger partial charge in [0.1, 0.15) is 6.07 Å². The van der Waals surface area contributed by atoms with E-state index in [2.05, 4.69) is 67.5 Å². The molecule has 13 heteroatoms. The number of aryl methyl sites for hydroxylation is 1. The highest BCUT2D eigenvalue weighted by Gasteiger charge is 2.18. The predicted octanol–water partition coefficient (Wildman–Crippen LogP) is 2.52. The molecule has 0 radical (unpaired) electrons. The molecule has 0 fully saturated rings. The molecule has 4 heterocycles. The summed E-state index contributed by atoms with van der Waals surface area (Å²) in [6.07, 6.45) is 3.65. The van der Waals surface area contributed by atoms with Crippen molar-refractivity contribution < 1.29 is 9.26 Å². The van der Waals surface area contributed by atoms with Crippen molar-refractivity contribution in [2.24, 2.45) is 11.8 Å². The SMILES string of the molecule is CC(C)Cn1cc(C#N)nc1-c1nonc1N.Cc1cn(CC(C)C)c(-c2nonc2N)n1. The van der Waals surface area contributed by atoms with Crippen molar-refractivity contribution in [3.63, 3.8) is 0 Å². The molecule has 4 aromatic rings. The minimum Gasteiger partial charge on any atom is -0.379 e. The van der Waals surface area contributed by atoms with Gasteiger partial charge in [-0.3, -0.25) is 0 Å². The zero-order chi connectivity index (χ0) is 24.1. The van der Waals surface area contributed by atoms with Gasteiger partial charge in [0, 0.05) is 25.5 Å². The van der Waals surface area contributed by atoms with E-state index in [1.165, 1.54) is 0 Å². The van der Waals surface area contributed by atoms with Crippen LogP contribution in [0.2, 0.25) is 0 Å². The van der Waals surface area contributed by atoms with E-state index in [1.54, 1.807) is 6.20 Å². The summed E-state index contributed by atoms with van der Waals surface area (Å²) in [7, 11) is 0. The lowest BCUT2D eigenvalue weighted by Gasteiger charge is -2.08. The third-order valence-electron chi connectivity index (χ3n) is 4.36. The number of nitrogens with zero attached hydrogens (tertiary/aromatic N) is 9. The lowest BCUT2D eigenvalue weighted by atomic mass is 10.2. The molecule has 0 saturated heterocycles. The summed E-state index contributed by atoms with van der Waals surface area (Å²) >= 11 is 0. The molecule has 0 amide bonds. The van der Waals surface area contributed by atoms with Crippen molar-refractivity contribution >= 4 is 11.6 Å². The molecule has 0 saturated carbocycles. The Balaban J connectivity index is 0.000000186. The molecule has 0 aliphatic heterocycles. The molecule has 0 bridgehead atoms. The molecule has 0 aromatic carbocycles. The predicted molar refractivity (Wildman–Crippen MR) is 119 cm³/mol. The molecule has 33 heavy (non-hydrogen) atoms. The Bertz CT molecular complexity index is 1240. The second-order valence-corrected chi connectivity index (χ2v) is 8.36. The zero-order valence-corrected chi connectivity index (χ0v) is 19.2. The average molecular weight is 454 g/mol. The number of hydrogen-bond donors (Lipinski definition) is 2. The van der Waals surface area contributed by atoms with Crippen LogP contribution >= 0.6 is 0 Å². The number of aromatic nitrogens is 8. The van der Waals surface area contributed by atoms with Crippen molar-refractivity contribution in [3.8, 4) is 29.1 Å². The lowest BCUT2D eigenvalue weighted by Crippen LogP contribution is -2.06. The number of rotatable bonds is 6. The number of imidazole rings is 2. The van der Waals surface area contributed by atoms with Gasteiger partial charge in [0.15, 0.2) is 40.4 Å². The molecule has 0 aliphatic rings. The van der Waals surface area contributed by atoms with E-state index >= 15 is 0 Å². The summed E-state index contributed by atoms with van der Waals surface area (Å²) in [5.41, 5.74) is 13.4. The topological polar surface area (TPSA) is 189 Å². The van der Waals surface area contributed by atoms with Crippen LogP contribution < -0.4 is 11.5 Å². The molecule has 0 atom stereocenters. The van der Waals surface area contributed by atoms with Crippen LogP contribution in [0.15, 0.2) is 21.7 Å². The second-order valence-electron chi connectivity index (χ2n) is 8.36. The summed E-state index contributed by atoms with van der Waals surface area (Å²) in [5.74, 6) is 2.60. The number of nitriles is 1. The Kier molecular flexibility index (Phi) is 7.07. The van der Waals surface area contributed by atoms with Gasteiger partial charge in [0.25, 0.3) is 0 Å². The first-order chi connectivity index (χ1) is 15.7. The molecule has 13 nitrogen and oxygen atoms in total. The van der Waals surface area contributed by atoms with Crippen LogP contribution in [0.1, 0.15) is 39.1 Å². The number of nitrogen functional groups attached to an aromatic ring is 2. The Hall–Kier alpha value is -4.21. The maximum absolute atomic E-state index is 8.86. The van der Waals surface area contributed by atoms with E-state index in [4.69, 9.17) is 16.7 Å². The fraction of sp³-hybridized carbons (Fsp3) is 0.450. The summed E-state index contributed by atoms with van der Waals surface area (Å²) in [5, 5.41) is 23.4. The van der Waals surface area contributed by atoms with Crippen molar-refractivity contribution in [1.29, 1.82) is 5.26 Å². The highest BCUT2D eigenvalue weighted by Crippen LogP contribution is 2.23. The van der Waals surface area contributed by atoms with Crippen molar-refractivity contribution in [3.05, 3.63) is 23.8 Å². The van der Waals surface area contributed by atoms with Crippen LogP contribution in [0.4, 0.5) is 11.6 Å². The molecule has 4 aromatic heterocycles. The quantitative estimate of drug-likeness (QED) is 0.436. The van der Waals surface area contributed by atoms with Gasteiger partial charge in [-0.05, 0) is 39.4 Å². The Labute approximate surface area is 190 Å². The van der Waals surface area contributed by atoms with Crippen LogP contribution in [-0.4, -0.2) is 39.7 Å². The van der Waals surface area contributed by atoms with Gasteiger partial charge >= 0.3 is 0 Å². The molecule has 4 N–H and O–H groups in total. The molecule has 4 rings (SSSR count). The molecule has 0 unspecified atom stereocenters. The molecule has 0 spiro atoms. The number of nitrogens with two attached hydrogens (primary N) is 2. The highest BCUT2D eigenvalue weighted by atomic mass is 16.6. The third-order valence-corrected chi connectivity index (χ3v) is 4.36. The first kappa shape index (κ1) is 23.5. The van der Waals surface area contributed by atoms with E-state index in [0.717, 1.165) is 18.8 Å². The van der Waals surface area contributed by atoms with Crippen LogP contribution in [0.5, 0.6) is 0 Å². The third kappa shape index (κ3) is 5.53. The first-order valence-corrected chi connectivity index (χ1v) is 10.4. The van der Waals surface area contributed by atoms with E-state index in [0.29, 0.717) is 40.6 Å². The zero-order valence-electron chi connectivity index (χ0n) is 19.2. The fourth-order valence-electron chi connectivity index (χ4n) is 3.16. The minimum atomic E-state index is 0.171. The van der Waals surface area contributed by atoms with Gasteiger partial charge in [-0.2, -0.15) is 5.26 Å². The van der Waals surface area contributed by atoms with Crippen molar-refractivity contribution in [2.45, 2.75) is 47.7 Å². The smallest absolute Gasteiger partial charge is 0.199 e. The van der Waals surface area contributed by atoms with Crippen LogP contribution in [-0.2, 0) is 13.1 Å². The van der Waals surface area contributed by atoms with Gasteiger partial charge in [-0.15, -0.1) is 0 Å². The molecule has 174 valence electrons. The maximum atomic E-state index is 8.86. The highest BCUT2D eigenvalue weighted by molar-refractivity contribution is 5.63. The standard InChI is InChI=1S/C10H12N6O.C10H15N5O/c1-6(2)4-16-5-7(3-11)13-10(16)8-9(12)15-17-14-8;1-6(2)4-15-5-7(3)12-10(15)8-9(11)14-16-13-8/h5-6H,4H2,1-2H3,(H2,12,15);5-6H,4H2,1-3H3,(H2,11,14). The molecular formula is C20H27N11O2. The van der Waals surface area contributed by atoms with Crippen LogP contribution in [0.3, 0.4) is 0 Å². The van der Waals surface area contributed by atoms with E-state index < -0.39 is 0 Å². The fourth-order valence-corrected chi connectivity index (χ4v) is 3.16. The molecular weight excluding hydrogens is 426 g/mol. The largest absolute Gasteiger partial charge is 0.379 e. The van der Waals surface area contributed by atoms with Gasteiger partial charge in [-0.25, -0.2) is 19.2 Å². The first-order valence-electron chi connectivity index (χ1n) is 10.4. The minimum absolute atomic E-state index is 0.171. The number of hydrogen-bond acceptors (Lipinski definition) is 11. The Morgan fingerprint density at radius 1 is 0.848 bits per heavy atom. The van der Waals surface area contributed by atoms with E-state index in [-0.39, 0.29) is 11.6 Å². The van der Waals surface area contributed by atoms with Gasteiger partial charge in [0.2, 0.25) is 0 Å². The monoisotopic (exact) mass is 453 g/mol. The summed E-state index contributed by atoms with van der Waals surface area (Å²) < 4.78 is 13.0. The molecule has 0 aliphatic carbocycles. The summed E-state index contributed by atoms with van der Waals surface area (Å²) in [4.78, 5) is 8.53. The average Bonchev–Trinajstić information content (AvgIpc) is 3.50. The van der Waals surface area contributed by atoms with Gasteiger partial charge in [-0.1, -0.05) is 27.7 Å². The Morgan fingerprint density at radius 3 is 1.76 bits per heavy atom. The van der Waals surface area contributed by atoms with Gasteiger partial charge < -0.3 is 20.6 Å². The van der Waals surface area contributed by atoms with E-state index in [9.17, 15) is 0 Å². The number of anilines is 2. The summed E-state index contributed by atoms with van der Waals surface area (Å²) in [6, 6.07) is 1.99. The summed E-state index contributed by atoms with van der Waals surface area (Å²) in [6.45, 7) is 11.9. The van der Waals surface area contributed by atoms with Crippen LogP contribution in [0, 0.1) is 30.1 Å². The normalized spacial score (nSPS) is 11.0. The van der Waals surface area contributed by atoms with Gasteiger partial charge in [0.05, 0.1) is 5.69 Å². The van der Waals surface area contributed by atoms with E-state index in [1.807, 2.05) is 28.3 Å². The Morgan fingerprint density at radius 2 is 1.33 bits per heavy atom. The lowest BCUT2D eigenvalue weighted by molar-refractivity contribution is 0.310. The maximum Gasteiger partial charge on any atom is 0.199 e. The van der Waals surface area contributed by atoms with Crippen LogP contribution in [0.25, 0.3) is 23.0 Å². The van der Waals surface area contributed by atoms with Crippen molar-refractivity contribution in [2.75, 3.05) is 11.5 Å².